The van der Waals surface area contributed by atoms with E-state index in [9.17, 15) is 0 Å². The monoisotopic (exact) mass is 648 g/mol. The van der Waals surface area contributed by atoms with E-state index in [1.807, 2.05) is 24.3 Å². The Bertz CT molecular complexity index is 1730. The third-order valence-electron chi connectivity index (χ3n) is 8.68. The molecule has 2 aromatic carbocycles. The highest BCUT2D eigenvalue weighted by Gasteiger charge is 2.50. The molecule has 2 nitrogen and oxygen atoms in total. The Morgan fingerprint density at radius 1 is 0.467 bits per heavy atom. The summed E-state index contributed by atoms with van der Waals surface area (Å²) in [4.78, 5) is 0. The van der Waals surface area contributed by atoms with Crippen molar-refractivity contribution in [2.75, 3.05) is 13.2 Å². The van der Waals surface area contributed by atoms with Gasteiger partial charge < -0.3 is 8.85 Å². The Morgan fingerprint density at radius 3 is 1.16 bits per heavy atom. The van der Waals surface area contributed by atoms with Crippen molar-refractivity contribution in [3.05, 3.63) is 130 Å². The number of hydrogen-bond acceptors (Lipinski definition) is 2. The number of benzene rings is 2. The Morgan fingerprint density at radius 2 is 0.822 bits per heavy atom. The lowest BCUT2D eigenvalue weighted by molar-refractivity contribution is 0.208. The molecule has 0 radical (unpaired) electrons. The standard InChI is InChI=1S/C40H38Cl2O2Si/c1-5-27-25-37-33(29-17-21-31(41)22-18-29)13-9-11-15-35(37)39(27)45(43-7-3,44-8-4)40-28(6-2)26-38-34(14-10-12-16-36(38)40)30-19-23-32(42)24-20-30/h9-26H,5-8H2,1-4H3. The van der Waals surface area contributed by atoms with Gasteiger partial charge in [0.05, 0.1) is 0 Å². The fourth-order valence-corrected chi connectivity index (χ4v) is 11.3. The van der Waals surface area contributed by atoms with Gasteiger partial charge in [0.1, 0.15) is 0 Å². The molecule has 2 aromatic rings. The predicted molar refractivity (Wildman–Crippen MR) is 194 cm³/mol. The minimum atomic E-state index is -3.28. The molecule has 0 saturated carbocycles. The molecule has 228 valence electrons. The van der Waals surface area contributed by atoms with Gasteiger partial charge in [-0.05, 0) is 107 Å². The van der Waals surface area contributed by atoms with Crippen LogP contribution < -0.4 is 10.4 Å². The first-order chi connectivity index (χ1) is 21.9. The Balaban J connectivity index is 1.66. The SMILES string of the molecule is CCO[Si](OCC)(c1c(CC)cc2c(-c3ccc(Cl)cc3)ccccc1-2)c1c(CC)cc2c(-c3ccc(Cl)cc3)ccccc1-2. The normalized spacial score (nSPS) is 11.9. The van der Waals surface area contributed by atoms with Crippen molar-refractivity contribution < 1.29 is 8.85 Å². The highest BCUT2D eigenvalue weighted by Crippen LogP contribution is 2.40. The van der Waals surface area contributed by atoms with Crippen LogP contribution in [-0.4, -0.2) is 21.8 Å². The summed E-state index contributed by atoms with van der Waals surface area (Å²) in [6, 6.07) is 38.4. The maximum Gasteiger partial charge on any atom is 0.408 e. The van der Waals surface area contributed by atoms with Gasteiger partial charge in [0, 0.05) is 33.6 Å². The topological polar surface area (TPSA) is 18.5 Å². The molecular formula is C40H38Cl2O2Si. The van der Waals surface area contributed by atoms with Crippen LogP contribution in [0.2, 0.25) is 10.0 Å². The van der Waals surface area contributed by atoms with E-state index in [0.29, 0.717) is 13.2 Å². The molecule has 0 fully saturated rings. The summed E-state index contributed by atoms with van der Waals surface area (Å²) in [6.45, 7) is 9.74. The molecular weight excluding hydrogens is 611 g/mol. The summed E-state index contributed by atoms with van der Waals surface area (Å²) in [6.07, 6.45) is 1.74. The molecule has 0 aliphatic heterocycles. The number of halogens is 2. The molecule has 0 aromatic heterocycles. The Hall–Kier alpha value is -3.44. The summed E-state index contributed by atoms with van der Waals surface area (Å²) in [5.41, 5.74) is 11.9. The first-order valence-corrected chi connectivity index (χ1v) is 18.4. The third kappa shape index (κ3) is 5.73. The lowest BCUT2D eigenvalue weighted by atomic mass is 10.0. The van der Waals surface area contributed by atoms with Crippen LogP contribution in [0.15, 0.2) is 109 Å². The number of rotatable bonds is 10. The van der Waals surface area contributed by atoms with E-state index in [1.165, 1.54) is 54.9 Å². The molecule has 45 heavy (non-hydrogen) atoms. The van der Waals surface area contributed by atoms with Gasteiger partial charge in [0.2, 0.25) is 0 Å². The maximum absolute atomic E-state index is 7.13. The van der Waals surface area contributed by atoms with Crippen molar-refractivity contribution >= 4 is 42.1 Å². The zero-order chi connectivity index (χ0) is 31.6. The van der Waals surface area contributed by atoms with E-state index in [2.05, 4.69) is 113 Å². The number of hydrogen-bond donors (Lipinski definition) is 0. The van der Waals surface area contributed by atoms with Crippen LogP contribution in [0, 0.1) is 0 Å². The average Bonchev–Trinajstić information content (AvgIpc) is 3.45. The molecule has 5 heteroatoms. The van der Waals surface area contributed by atoms with E-state index in [-0.39, 0.29) is 0 Å². The van der Waals surface area contributed by atoms with Crippen LogP contribution in [-0.2, 0) is 21.7 Å². The summed E-state index contributed by atoms with van der Waals surface area (Å²) < 4.78 is 14.3. The molecule has 0 saturated heterocycles. The quantitative estimate of drug-likeness (QED) is 0.138. The van der Waals surface area contributed by atoms with Crippen molar-refractivity contribution in [1.82, 2.24) is 0 Å². The zero-order valence-corrected chi connectivity index (χ0v) is 28.8. The van der Waals surface area contributed by atoms with Crippen molar-refractivity contribution in [1.29, 1.82) is 0 Å². The molecule has 0 unspecified atom stereocenters. The molecule has 6 rings (SSSR count). The summed E-state index contributed by atoms with van der Waals surface area (Å²) in [5.74, 6) is 0. The van der Waals surface area contributed by atoms with Gasteiger partial charge in [0.25, 0.3) is 0 Å². The van der Waals surface area contributed by atoms with Gasteiger partial charge in [-0.2, -0.15) is 0 Å². The van der Waals surface area contributed by atoms with Crippen molar-refractivity contribution in [3.63, 3.8) is 0 Å². The lowest BCUT2D eigenvalue weighted by Crippen LogP contribution is -2.65. The van der Waals surface area contributed by atoms with Gasteiger partial charge >= 0.3 is 8.56 Å². The molecule has 0 heterocycles. The molecule has 0 bridgehead atoms. The van der Waals surface area contributed by atoms with Gasteiger partial charge in [-0.1, -0.05) is 122 Å². The second-order valence-corrected chi connectivity index (χ2v) is 14.9. The van der Waals surface area contributed by atoms with Crippen LogP contribution in [0.4, 0.5) is 0 Å². The van der Waals surface area contributed by atoms with Gasteiger partial charge in [-0.25, -0.2) is 0 Å². The van der Waals surface area contributed by atoms with Crippen molar-refractivity contribution in [2.45, 2.75) is 40.5 Å². The number of fused-ring (bicyclic) bond motifs is 2. The van der Waals surface area contributed by atoms with Gasteiger partial charge in [-0.15, -0.1) is 0 Å². The second-order valence-electron chi connectivity index (χ2n) is 11.2. The maximum atomic E-state index is 7.13. The van der Waals surface area contributed by atoms with Crippen molar-refractivity contribution in [2.24, 2.45) is 0 Å². The van der Waals surface area contributed by atoms with Crippen LogP contribution >= 0.6 is 23.2 Å². The predicted octanol–water partition coefficient (Wildman–Crippen LogP) is 10.3. The fourth-order valence-electron chi connectivity index (χ4n) is 6.80. The largest absolute Gasteiger partial charge is 0.408 e. The molecule has 4 aliphatic carbocycles. The van der Waals surface area contributed by atoms with Crippen LogP contribution in [0.25, 0.3) is 44.5 Å². The molecule has 0 amide bonds. The van der Waals surface area contributed by atoms with E-state index in [4.69, 9.17) is 32.1 Å². The molecule has 0 atom stereocenters. The zero-order valence-electron chi connectivity index (χ0n) is 26.3. The highest BCUT2D eigenvalue weighted by molar-refractivity contribution is 6.95. The van der Waals surface area contributed by atoms with Crippen LogP contribution in [0.3, 0.4) is 0 Å². The van der Waals surface area contributed by atoms with E-state index in [1.54, 1.807) is 0 Å². The summed E-state index contributed by atoms with van der Waals surface area (Å²) >= 11 is 12.6. The minimum absolute atomic E-state index is 0.546. The molecule has 4 aliphatic rings. The Labute approximate surface area is 278 Å². The van der Waals surface area contributed by atoms with Crippen molar-refractivity contribution in [3.8, 4) is 44.5 Å². The Kier molecular flexibility index (Phi) is 9.46. The van der Waals surface area contributed by atoms with E-state index < -0.39 is 8.56 Å². The van der Waals surface area contributed by atoms with E-state index >= 15 is 0 Å². The first kappa shape index (κ1) is 31.5. The van der Waals surface area contributed by atoms with Gasteiger partial charge in [-0.3, -0.25) is 0 Å². The second kappa shape index (κ2) is 13.5. The third-order valence-corrected chi connectivity index (χ3v) is 13.1. The van der Waals surface area contributed by atoms with E-state index in [0.717, 1.165) is 34.0 Å². The first-order valence-electron chi connectivity index (χ1n) is 15.9. The highest BCUT2D eigenvalue weighted by atomic mass is 35.5. The molecule has 0 spiro atoms. The fraction of sp³-hybridized carbons (Fsp3) is 0.200. The molecule has 0 N–H and O–H groups in total. The van der Waals surface area contributed by atoms with Crippen LogP contribution in [0.5, 0.6) is 0 Å². The smallest absolute Gasteiger partial charge is 0.388 e. The van der Waals surface area contributed by atoms with Gasteiger partial charge in [0.15, 0.2) is 0 Å². The van der Waals surface area contributed by atoms with Crippen LogP contribution in [0.1, 0.15) is 38.8 Å². The average molecular weight is 650 g/mol. The lowest BCUT2D eigenvalue weighted by Gasteiger charge is -2.33. The summed E-state index contributed by atoms with van der Waals surface area (Å²) in [5, 5.41) is 3.90. The number of aryl methyl sites for hydroxylation is 2. The summed E-state index contributed by atoms with van der Waals surface area (Å²) in [7, 11) is -3.28. The minimum Gasteiger partial charge on any atom is -0.388 e.